The fourth-order valence-corrected chi connectivity index (χ4v) is 2.75. The molecule has 0 aliphatic heterocycles. The van der Waals surface area contributed by atoms with E-state index in [2.05, 4.69) is 64.5 Å². The van der Waals surface area contributed by atoms with Crippen molar-refractivity contribution in [3.05, 3.63) is 22.3 Å². The number of aryl methyl sites for hydroxylation is 1. The molecule has 0 aromatic carbocycles. The largest absolute Gasteiger partial charge is 0.357 e. The molecule has 1 rings (SSSR count). The van der Waals surface area contributed by atoms with Crippen LogP contribution in [0.1, 0.15) is 32.8 Å². The molecule has 0 atom stereocenters. The number of hydrogen-bond acceptors (Lipinski definition) is 3. The van der Waals surface area contributed by atoms with Gasteiger partial charge in [-0.25, -0.2) is 4.98 Å². The van der Waals surface area contributed by atoms with Crippen LogP contribution in [-0.4, -0.2) is 42.6 Å². The van der Waals surface area contributed by atoms with Crippen molar-refractivity contribution in [3.63, 3.8) is 0 Å². The van der Waals surface area contributed by atoms with Crippen LogP contribution >= 0.6 is 15.9 Å². The minimum absolute atomic E-state index is 1.01. The van der Waals surface area contributed by atoms with E-state index in [1.807, 2.05) is 6.20 Å². The molecule has 0 saturated carbocycles. The quantitative estimate of drug-likeness (QED) is 0.725. The molecule has 0 radical (unpaired) electrons. The first-order valence-electron chi connectivity index (χ1n) is 7.21. The highest BCUT2D eigenvalue weighted by atomic mass is 79.9. The molecule has 19 heavy (non-hydrogen) atoms. The summed E-state index contributed by atoms with van der Waals surface area (Å²) in [7, 11) is 0. The Morgan fingerprint density at radius 3 is 2.32 bits per heavy atom. The number of rotatable bonds is 8. The van der Waals surface area contributed by atoms with Crippen LogP contribution < -0.4 is 4.90 Å². The number of nitrogens with zero attached hydrogens (tertiary/aromatic N) is 3. The smallest absolute Gasteiger partial charge is 0.131 e. The molecular weight excluding hydrogens is 302 g/mol. The summed E-state index contributed by atoms with van der Waals surface area (Å²) in [5.74, 6) is 1.12. The molecule has 1 heterocycles. The molecule has 0 unspecified atom stereocenters. The van der Waals surface area contributed by atoms with Crippen LogP contribution in [0.4, 0.5) is 5.82 Å². The Hall–Kier alpha value is -0.610. The molecule has 0 saturated heterocycles. The molecule has 0 spiro atoms. The van der Waals surface area contributed by atoms with E-state index >= 15 is 0 Å². The maximum atomic E-state index is 4.55. The van der Waals surface area contributed by atoms with Gasteiger partial charge in [0, 0.05) is 23.8 Å². The molecule has 1 aromatic rings. The lowest BCUT2D eigenvalue weighted by Gasteiger charge is -2.25. The summed E-state index contributed by atoms with van der Waals surface area (Å²) in [6.45, 7) is 14.3. The van der Waals surface area contributed by atoms with E-state index in [1.54, 1.807) is 0 Å². The third kappa shape index (κ3) is 5.11. The number of anilines is 1. The zero-order valence-corrected chi connectivity index (χ0v) is 14.2. The van der Waals surface area contributed by atoms with Crippen LogP contribution in [0.5, 0.6) is 0 Å². The number of hydrogen-bond donors (Lipinski definition) is 0. The van der Waals surface area contributed by atoms with Gasteiger partial charge in [0.15, 0.2) is 0 Å². The van der Waals surface area contributed by atoms with Gasteiger partial charge in [-0.1, -0.05) is 13.8 Å². The van der Waals surface area contributed by atoms with Gasteiger partial charge in [-0.05, 0) is 67.5 Å². The van der Waals surface area contributed by atoms with Crippen molar-refractivity contribution in [2.75, 3.05) is 37.6 Å². The fraction of sp³-hybridized carbons (Fsp3) is 0.667. The van der Waals surface area contributed by atoms with E-state index in [-0.39, 0.29) is 0 Å². The third-order valence-corrected chi connectivity index (χ3v) is 3.93. The zero-order valence-electron chi connectivity index (χ0n) is 12.6. The van der Waals surface area contributed by atoms with E-state index in [0.29, 0.717) is 0 Å². The van der Waals surface area contributed by atoms with Crippen LogP contribution in [0.15, 0.2) is 16.7 Å². The first kappa shape index (κ1) is 16.4. The van der Waals surface area contributed by atoms with Gasteiger partial charge in [-0.2, -0.15) is 0 Å². The Morgan fingerprint density at radius 2 is 1.79 bits per heavy atom. The molecule has 3 nitrogen and oxygen atoms in total. The van der Waals surface area contributed by atoms with Crippen molar-refractivity contribution in [1.29, 1.82) is 0 Å². The van der Waals surface area contributed by atoms with Crippen LogP contribution in [0.2, 0.25) is 0 Å². The summed E-state index contributed by atoms with van der Waals surface area (Å²) in [5, 5.41) is 0. The first-order chi connectivity index (χ1) is 9.12. The lowest BCUT2D eigenvalue weighted by molar-refractivity contribution is 0.300. The lowest BCUT2D eigenvalue weighted by Crippen LogP contribution is -2.30. The van der Waals surface area contributed by atoms with Crippen LogP contribution in [0.3, 0.4) is 0 Å². The van der Waals surface area contributed by atoms with E-state index in [1.165, 1.54) is 18.5 Å². The maximum Gasteiger partial charge on any atom is 0.131 e. The van der Waals surface area contributed by atoms with Gasteiger partial charge >= 0.3 is 0 Å². The minimum atomic E-state index is 1.01. The topological polar surface area (TPSA) is 19.4 Å². The number of aromatic nitrogens is 1. The van der Waals surface area contributed by atoms with Crippen LogP contribution in [0, 0.1) is 6.92 Å². The van der Waals surface area contributed by atoms with Gasteiger partial charge in [0.05, 0.1) is 0 Å². The van der Waals surface area contributed by atoms with Crippen molar-refractivity contribution < 1.29 is 0 Å². The van der Waals surface area contributed by atoms with Gasteiger partial charge in [0.25, 0.3) is 0 Å². The summed E-state index contributed by atoms with van der Waals surface area (Å²) in [4.78, 5) is 9.39. The number of halogens is 1. The Bertz CT molecular complexity index is 378. The normalized spacial score (nSPS) is 11.1. The second kappa shape index (κ2) is 8.54. The summed E-state index contributed by atoms with van der Waals surface area (Å²) < 4.78 is 1.05. The Kier molecular flexibility index (Phi) is 7.39. The highest BCUT2D eigenvalue weighted by Gasteiger charge is 2.09. The van der Waals surface area contributed by atoms with E-state index < -0.39 is 0 Å². The van der Waals surface area contributed by atoms with Crippen molar-refractivity contribution >= 4 is 21.7 Å². The van der Waals surface area contributed by atoms with Gasteiger partial charge < -0.3 is 9.80 Å². The minimum Gasteiger partial charge on any atom is -0.357 e. The molecule has 1 aromatic heterocycles. The molecule has 0 N–H and O–H groups in total. The summed E-state index contributed by atoms with van der Waals surface area (Å²) in [6, 6.07) is 2.13. The van der Waals surface area contributed by atoms with E-state index in [9.17, 15) is 0 Å². The van der Waals surface area contributed by atoms with Gasteiger partial charge in [-0.3, -0.25) is 0 Å². The van der Waals surface area contributed by atoms with Crippen molar-refractivity contribution in [2.45, 2.75) is 34.1 Å². The average Bonchev–Trinajstić information content (AvgIpc) is 2.40. The van der Waals surface area contributed by atoms with Gasteiger partial charge in [0.1, 0.15) is 5.82 Å². The highest BCUT2D eigenvalue weighted by Crippen LogP contribution is 2.20. The highest BCUT2D eigenvalue weighted by molar-refractivity contribution is 9.10. The molecule has 0 bridgehead atoms. The Labute approximate surface area is 126 Å². The lowest BCUT2D eigenvalue weighted by atomic mass is 10.2. The standard InChI is InChI=1S/C15H26BrN3/c1-5-18(6-2)9-8-10-19(7-3)15-13(4)11-14(16)12-17-15/h11-12H,5-10H2,1-4H3. The van der Waals surface area contributed by atoms with Crippen LogP contribution in [-0.2, 0) is 0 Å². The van der Waals surface area contributed by atoms with Crippen molar-refractivity contribution in [2.24, 2.45) is 0 Å². The maximum absolute atomic E-state index is 4.55. The van der Waals surface area contributed by atoms with Crippen LogP contribution in [0.25, 0.3) is 0 Å². The Balaban J connectivity index is 2.58. The van der Waals surface area contributed by atoms with Crippen molar-refractivity contribution in [1.82, 2.24) is 9.88 Å². The second-order valence-corrected chi connectivity index (χ2v) is 5.67. The van der Waals surface area contributed by atoms with E-state index in [0.717, 1.165) is 36.5 Å². The predicted molar refractivity (Wildman–Crippen MR) is 87.0 cm³/mol. The zero-order chi connectivity index (χ0) is 14.3. The van der Waals surface area contributed by atoms with Gasteiger partial charge in [-0.15, -0.1) is 0 Å². The molecule has 0 fully saturated rings. The molecular formula is C15H26BrN3. The molecule has 108 valence electrons. The fourth-order valence-electron chi connectivity index (χ4n) is 2.30. The van der Waals surface area contributed by atoms with Crippen molar-refractivity contribution in [3.8, 4) is 0 Å². The first-order valence-corrected chi connectivity index (χ1v) is 8.01. The number of pyridine rings is 1. The molecule has 4 heteroatoms. The van der Waals surface area contributed by atoms with Gasteiger partial charge in [0.2, 0.25) is 0 Å². The SMILES string of the molecule is CCN(CC)CCCN(CC)c1ncc(Br)cc1C. The monoisotopic (exact) mass is 327 g/mol. The summed E-state index contributed by atoms with van der Waals surface area (Å²) >= 11 is 3.47. The molecule has 0 amide bonds. The Morgan fingerprint density at radius 1 is 1.11 bits per heavy atom. The average molecular weight is 328 g/mol. The molecule has 0 aliphatic rings. The third-order valence-electron chi connectivity index (χ3n) is 3.50. The molecule has 0 aliphatic carbocycles. The second-order valence-electron chi connectivity index (χ2n) is 4.75. The van der Waals surface area contributed by atoms with E-state index in [4.69, 9.17) is 0 Å². The predicted octanol–water partition coefficient (Wildman–Crippen LogP) is 3.71. The summed E-state index contributed by atoms with van der Waals surface area (Å²) in [5.41, 5.74) is 1.24. The summed E-state index contributed by atoms with van der Waals surface area (Å²) in [6.07, 6.45) is 3.07.